The van der Waals surface area contributed by atoms with E-state index in [-0.39, 0.29) is 17.0 Å². The van der Waals surface area contributed by atoms with Crippen molar-refractivity contribution < 1.29 is 32.4 Å². The molecule has 2 aromatic rings. The van der Waals surface area contributed by atoms with Crippen molar-refractivity contribution in [3.63, 3.8) is 0 Å². The first kappa shape index (κ1) is 20.7. The molecule has 2 amide bonds. The third-order valence-corrected chi connectivity index (χ3v) is 3.53. The van der Waals surface area contributed by atoms with Crippen molar-refractivity contribution in [2.45, 2.75) is 13.1 Å². The maximum absolute atomic E-state index is 13.3. The molecule has 0 saturated carbocycles. The van der Waals surface area contributed by atoms with E-state index in [1.165, 1.54) is 19.2 Å². The minimum atomic E-state index is -4.82. The number of nitro groups is 1. The zero-order chi connectivity index (χ0) is 21.1. The van der Waals surface area contributed by atoms with Gasteiger partial charge in [-0.3, -0.25) is 19.7 Å². The number of alkyl halides is 3. The molecule has 2 N–H and O–H groups in total. The molecule has 0 saturated heterocycles. The molecule has 11 heteroatoms. The second-order valence-corrected chi connectivity index (χ2v) is 5.54. The second-order valence-electron chi connectivity index (χ2n) is 5.54. The molecule has 0 aliphatic carbocycles. The van der Waals surface area contributed by atoms with E-state index >= 15 is 0 Å². The van der Waals surface area contributed by atoms with Gasteiger partial charge in [0.05, 0.1) is 23.3 Å². The first-order chi connectivity index (χ1) is 13.0. The highest BCUT2D eigenvalue weighted by Crippen LogP contribution is 2.37. The van der Waals surface area contributed by atoms with Crippen molar-refractivity contribution in [1.29, 1.82) is 0 Å². The average Bonchev–Trinajstić information content (AvgIpc) is 2.60. The van der Waals surface area contributed by atoms with Crippen molar-refractivity contribution in [2.24, 2.45) is 0 Å². The van der Waals surface area contributed by atoms with Gasteiger partial charge in [0.15, 0.2) is 5.75 Å². The van der Waals surface area contributed by atoms with Crippen LogP contribution in [0.4, 0.5) is 30.2 Å². The Kier molecular flexibility index (Phi) is 5.87. The maximum atomic E-state index is 13.3. The molecule has 0 radical (unpaired) electrons. The van der Waals surface area contributed by atoms with E-state index in [1.807, 2.05) is 0 Å². The Hall–Kier alpha value is -3.63. The lowest BCUT2D eigenvalue weighted by Crippen LogP contribution is -2.17. The van der Waals surface area contributed by atoms with Crippen LogP contribution in [0.25, 0.3) is 0 Å². The predicted molar refractivity (Wildman–Crippen MR) is 93.3 cm³/mol. The van der Waals surface area contributed by atoms with Crippen LogP contribution in [-0.2, 0) is 11.0 Å². The van der Waals surface area contributed by atoms with Gasteiger partial charge in [-0.15, -0.1) is 0 Å². The van der Waals surface area contributed by atoms with Gasteiger partial charge in [-0.2, -0.15) is 13.2 Å². The quantitative estimate of drug-likeness (QED) is 0.588. The minimum absolute atomic E-state index is 0.0992. The lowest BCUT2D eigenvalue weighted by Gasteiger charge is -2.15. The molecule has 2 rings (SSSR count). The lowest BCUT2D eigenvalue weighted by atomic mass is 10.1. The summed E-state index contributed by atoms with van der Waals surface area (Å²) in [5, 5.41) is 15.3. The number of halogens is 3. The topological polar surface area (TPSA) is 111 Å². The van der Waals surface area contributed by atoms with E-state index in [2.05, 4.69) is 10.6 Å². The summed E-state index contributed by atoms with van der Waals surface area (Å²) in [6.45, 7) is 1.14. The number of hydrogen-bond acceptors (Lipinski definition) is 5. The average molecular weight is 397 g/mol. The van der Waals surface area contributed by atoms with Crippen LogP contribution in [0, 0.1) is 10.1 Å². The maximum Gasteiger partial charge on any atom is 0.418 e. The Morgan fingerprint density at radius 1 is 1.11 bits per heavy atom. The summed E-state index contributed by atoms with van der Waals surface area (Å²) >= 11 is 0. The summed E-state index contributed by atoms with van der Waals surface area (Å²) in [5.74, 6) is -1.64. The normalized spacial score (nSPS) is 10.9. The Balaban J connectivity index is 2.39. The van der Waals surface area contributed by atoms with Crippen LogP contribution >= 0.6 is 0 Å². The number of rotatable bonds is 5. The molecule has 0 atom stereocenters. The molecular formula is C17H14F3N3O5. The molecule has 0 unspecified atom stereocenters. The molecule has 0 heterocycles. The van der Waals surface area contributed by atoms with Crippen LogP contribution in [-0.4, -0.2) is 23.8 Å². The highest BCUT2D eigenvalue weighted by Gasteiger charge is 2.34. The minimum Gasteiger partial charge on any atom is -0.490 e. The van der Waals surface area contributed by atoms with Crippen LogP contribution in [0.5, 0.6) is 5.75 Å². The first-order valence-corrected chi connectivity index (χ1v) is 7.65. The fourth-order valence-corrected chi connectivity index (χ4v) is 2.34. The number of benzene rings is 2. The van der Waals surface area contributed by atoms with Gasteiger partial charge >= 0.3 is 11.9 Å². The Morgan fingerprint density at radius 2 is 1.79 bits per heavy atom. The van der Waals surface area contributed by atoms with Crippen molar-refractivity contribution in [3.8, 4) is 5.75 Å². The molecule has 0 aromatic heterocycles. The number of nitrogens with zero attached hydrogens (tertiary/aromatic N) is 1. The zero-order valence-corrected chi connectivity index (χ0v) is 14.6. The predicted octanol–water partition coefficient (Wildman–Crippen LogP) is 3.83. The molecule has 28 heavy (non-hydrogen) atoms. The van der Waals surface area contributed by atoms with Crippen LogP contribution in [0.2, 0.25) is 0 Å². The molecular weight excluding hydrogens is 383 g/mol. The summed E-state index contributed by atoms with van der Waals surface area (Å²) < 4.78 is 44.8. The van der Waals surface area contributed by atoms with Gasteiger partial charge in [-0.25, -0.2) is 0 Å². The number of carbonyl (C=O) groups is 2. The van der Waals surface area contributed by atoms with Crippen LogP contribution in [0.1, 0.15) is 22.8 Å². The first-order valence-electron chi connectivity index (χ1n) is 7.65. The largest absolute Gasteiger partial charge is 0.490 e. The van der Waals surface area contributed by atoms with Gasteiger partial charge in [0.1, 0.15) is 0 Å². The fraction of sp³-hybridized carbons (Fsp3) is 0.176. The number of nitrogens with one attached hydrogen (secondary N) is 2. The van der Waals surface area contributed by atoms with Crippen molar-refractivity contribution in [2.75, 3.05) is 17.7 Å². The van der Waals surface area contributed by atoms with Crippen molar-refractivity contribution in [3.05, 3.63) is 57.6 Å². The highest BCUT2D eigenvalue weighted by atomic mass is 19.4. The highest BCUT2D eigenvalue weighted by molar-refractivity contribution is 6.05. The molecule has 148 valence electrons. The van der Waals surface area contributed by atoms with E-state index in [1.54, 1.807) is 0 Å². The zero-order valence-electron chi connectivity index (χ0n) is 14.6. The second kappa shape index (κ2) is 7.94. The molecule has 0 fully saturated rings. The van der Waals surface area contributed by atoms with Crippen LogP contribution in [0.15, 0.2) is 36.4 Å². The number of carbonyl (C=O) groups excluding carboxylic acids is 2. The number of hydrogen-bond donors (Lipinski definition) is 2. The Morgan fingerprint density at radius 3 is 2.32 bits per heavy atom. The molecule has 0 aliphatic rings. The Labute approximate surface area is 156 Å². The summed E-state index contributed by atoms with van der Waals surface area (Å²) in [5.41, 5.74) is -2.59. The number of methoxy groups -OCH3 is 1. The standard InChI is InChI=1S/C17H14F3N3O5/c1-9(24)21-11-4-5-13(12(8-11)17(18,19)20)22-16(25)10-3-6-15(28-2)14(7-10)23(26)27/h3-8H,1-2H3,(H,21,24)(H,22,25). The molecule has 2 aromatic carbocycles. The smallest absolute Gasteiger partial charge is 0.418 e. The van der Waals surface area contributed by atoms with E-state index in [4.69, 9.17) is 4.74 Å². The van der Waals surface area contributed by atoms with Crippen LogP contribution in [0.3, 0.4) is 0 Å². The van der Waals surface area contributed by atoms with E-state index in [9.17, 15) is 32.9 Å². The van der Waals surface area contributed by atoms with Gasteiger partial charge in [0.25, 0.3) is 5.91 Å². The molecule has 8 nitrogen and oxygen atoms in total. The van der Waals surface area contributed by atoms with Gasteiger partial charge in [0.2, 0.25) is 5.91 Å². The van der Waals surface area contributed by atoms with Crippen molar-refractivity contribution >= 4 is 28.9 Å². The fourth-order valence-electron chi connectivity index (χ4n) is 2.34. The SMILES string of the molecule is COc1ccc(C(=O)Nc2ccc(NC(C)=O)cc2C(F)(F)F)cc1[N+](=O)[O-]. The summed E-state index contributed by atoms with van der Waals surface area (Å²) in [4.78, 5) is 33.6. The monoisotopic (exact) mass is 397 g/mol. The summed E-state index contributed by atoms with van der Waals surface area (Å²) in [7, 11) is 1.20. The van der Waals surface area contributed by atoms with E-state index in [0.29, 0.717) is 6.07 Å². The molecule has 0 bridgehead atoms. The number of nitro benzene ring substituents is 1. The Bertz CT molecular complexity index is 944. The summed E-state index contributed by atoms with van der Waals surface area (Å²) in [6, 6.07) is 6.07. The number of amides is 2. The molecule has 0 spiro atoms. The van der Waals surface area contributed by atoms with Gasteiger partial charge < -0.3 is 15.4 Å². The number of anilines is 2. The van der Waals surface area contributed by atoms with Gasteiger partial charge in [0, 0.05) is 24.2 Å². The lowest BCUT2D eigenvalue weighted by molar-refractivity contribution is -0.385. The van der Waals surface area contributed by atoms with Crippen molar-refractivity contribution in [1.82, 2.24) is 0 Å². The van der Waals surface area contributed by atoms with Gasteiger partial charge in [-0.1, -0.05) is 0 Å². The third kappa shape index (κ3) is 4.75. The van der Waals surface area contributed by atoms with E-state index < -0.39 is 39.9 Å². The number of ether oxygens (including phenoxy) is 1. The van der Waals surface area contributed by atoms with Gasteiger partial charge in [-0.05, 0) is 30.3 Å². The van der Waals surface area contributed by atoms with Crippen LogP contribution < -0.4 is 15.4 Å². The summed E-state index contributed by atoms with van der Waals surface area (Å²) in [6.07, 6.45) is -4.82. The third-order valence-electron chi connectivity index (χ3n) is 3.53. The van der Waals surface area contributed by atoms with E-state index in [0.717, 1.165) is 25.1 Å². The molecule has 0 aliphatic heterocycles.